The van der Waals surface area contributed by atoms with Crippen molar-refractivity contribution in [1.29, 1.82) is 0 Å². The van der Waals surface area contributed by atoms with Crippen molar-refractivity contribution < 1.29 is 41.8 Å². The van der Waals surface area contributed by atoms with Crippen LogP contribution in [0.5, 0.6) is 11.6 Å². The standard InChI is InChI=1S/C41H53N3O9S/c1-4-29-21-41(29,40(48)43-54(49,50)31-13-14-31)22-35(45)34-19-30-23-44(34)39(47)33(26-10-6-5-7-11-26)20-37(46)52-24-25(2)9-8-12-28-17-32-27(18-36(28)51-3)15-16-42-38(32)53-30/h4,15-18,25-26,29-31,33-34H,1,5-14,19-24H2,2-3H3,(H,43,48)/t25?,29-,30-,33+,34+,41-/m1/s1. The first-order valence-corrected chi connectivity index (χ1v) is 21.3. The number of aryl methyl sites for hydroxylation is 1. The molecule has 12 nitrogen and oxygen atoms in total. The fourth-order valence-electron chi connectivity index (χ4n) is 9.00. The second-order valence-corrected chi connectivity index (χ2v) is 18.4. The normalized spacial score (nSPS) is 29.8. The van der Waals surface area contributed by atoms with Gasteiger partial charge in [0.1, 0.15) is 11.9 Å². The number of hydrogen-bond acceptors (Lipinski definition) is 10. The fraction of sp³-hybridized carbons (Fsp3) is 0.634. The Morgan fingerprint density at radius 3 is 2.59 bits per heavy atom. The predicted molar refractivity (Wildman–Crippen MR) is 201 cm³/mol. The number of carbonyl (C=O) groups is 4. The number of allylic oxidation sites excluding steroid dienone is 1. The number of aromatic nitrogens is 1. The van der Waals surface area contributed by atoms with Crippen molar-refractivity contribution in [2.45, 2.75) is 114 Å². The predicted octanol–water partition coefficient (Wildman–Crippen LogP) is 5.45. The second-order valence-electron chi connectivity index (χ2n) is 16.4. The average Bonchev–Trinajstić information content (AvgIpc) is 4.09. The van der Waals surface area contributed by atoms with Crippen molar-refractivity contribution in [2.75, 3.05) is 20.3 Å². The number of sulfonamides is 1. The Hall–Kier alpha value is -4.00. The minimum atomic E-state index is -3.84. The maximum absolute atomic E-state index is 14.8. The van der Waals surface area contributed by atoms with Gasteiger partial charge in [-0.3, -0.25) is 23.9 Å². The van der Waals surface area contributed by atoms with Crippen LogP contribution in [0.1, 0.15) is 96.0 Å². The Balaban J connectivity index is 1.23. The fourth-order valence-corrected chi connectivity index (χ4v) is 10.4. The first-order chi connectivity index (χ1) is 25.9. The molecule has 2 aliphatic heterocycles. The summed E-state index contributed by atoms with van der Waals surface area (Å²) in [5, 5.41) is 1.08. The van der Waals surface area contributed by atoms with E-state index in [2.05, 4.69) is 23.2 Å². The van der Waals surface area contributed by atoms with Crippen molar-refractivity contribution in [3.63, 3.8) is 0 Å². The van der Waals surface area contributed by atoms with E-state index < -0.39 is 50.6 Å². The highest BCUT2D eigenvalue weighted by Crippen LogP contribution is 2.57. The van der Waals surface area contributed by atoms with E-state index in [9.17, 15) is 27.6 Å². The lowest BCUT2D eigenvalue weighted by Gasteiger charge is -2.34. The van der Waals surface area contributed by atoms with Crippen LogP contribution in [0.15, 0.2) is 37.1 Å². The molecule has 3 heterocycles. The Bertz CT molecular complexity index is 1910. The molecule has 1 saturated heterocycles. The molecule has 1 unspecified atom stereocenters. The second kappa shape index (κ2) is 15.6. The smallest absolute Gasteiger partial charge is 0.306 e. The molecule has 0 radical (unpaired) electrons. The molecular weight excluding hydrogens is 711 g/mol. The summed E-state index contributed by atoms with van der Waals surface area (Å²) in [6.07, 6.45) is 10.8. The van der Waals surface area contributed by atoms with E-state index in [4.69, 9.17) is 14.2 Å². The van der Waals surface area contributed by atoms with Crippen molar-refractivity contribution >= 4 is 44.4 Å². The number of Topliss-reactive ketones (excluding diaryl/α,β-unsaturated/α-hetero) is 1. The van der Waals surface area contributed by atoms with Gasteiger partial charge in [0.05, 0.1) is 49.3 Å². The van der Waals surface area contributed by atoms with Gasteiger partial charge in [0.15, 0.2) is 5.78 Å². The maximum Gasteiger partial charge on any atom is 0.306 e. The molecule has 5 aliphatic rings. The minimum absolute atomic E-state index is 0.0380. The molecule has 7 rings (SSSR count). The lowest BCUT2D eigenvalue weighted by Crippen LogP contribution is -2.48. The number of hydrogen-bond donors (Lipinski definition) is 1. The molecule has 0 spiro atoms. The molecular formula is C41H53N3O9S. The molecule has 4 fully saturated rings. The van der Waals surface area contributed by atoms with Crippen molar-refractivity contribution in [3.8, 4) is 11.6 Å². The van der Waals surface area contributed by atoms with Crippen molar-refractivity contribution in [1.82, 2.24) is 14.6 Å². The summed E-state index contributed by atoms with van der Waals surface area (Å²) in [4.78, 5) is 62.6. The number of esters is 1. The number of amides is 2. The topological polar surface area (TPSA) is 158 Å². The molecule has 4 bridgehead atoms. The van der Waals surface area contributed by atoms with Crippen LogP contribution in [0.2, 0.25) is 0 Å². The van der Waals surface area contributed by atoms with Gasteiger partial charge in [-0.05, 0) is 98.3 Å². The number of benzene rings is 1. The maximum atomic E-state index is 14.8. The summed E-state index contributed by atoms with van der Waals surface area (Å²) in [5.41, 5.74) is -0.273. The van der Waals surface area contributed by atoms with Crippen LogP contribution in [0, 0.1) is 29.1 Å². The lowest BCUT2D eigenvalue weighted by molar-refractivity contribution is -0.153. The number of ketones is 1. The highest BCUT2D eigenvalue weighted by atomic mass is 32.2. The van der Waals surface area contributed by atoms with Crippen LogP contribution in [0.4, 0.5) is 0 Å². The minimum Gasteiger partial charge on any atom is -0.496 e. The molecule has 1 aromatic carbocycles. The molecule has 2 aromatic rings. The number of rotatable bonds is 9. The molecule has 6 atom stereocenters. The number of pyridine rings is 1. The van der Waals surface area contributed by atoms with Gasteiger partial charge in [0.25, 0.3) is 0 Å². The lowest BCUT2D eigenvalue weighted by atomic mass is 9.77. The molecule has 2 amide bonds. The Morgan fingerprint density at radius 2 is 1.89 bits per heavy atom. The van der Waals surface area contributed by atoms with Crippen LogP contribution in [0.3, 0.4) is 0 Å². The van der Waals surface area contributed by atoms with Crippen LogP contribution in [0.25, 0.3) is 10.8 Å². The Morgan fingerprint density at radius 1 is 1.11 bits per heavy atom. The van der Waals surface area contributed by atoms with E-state index in [0.29, 0.717) is 18.7 Å². The van der Waals surface area contributed by atoms with E-state index in [1.165, 1.54) is 0 Å². The van der Waals surface area contributed by atoms with Crippen molar-refractivity contribution in [3.05, 3.63) is 42.6 Å². The van der Waals surface area contributed by atoms with Gasteiger partial charge >= 0.3 is 5.97 Å². The summed E-state index contributed by atoms with van der Waals surface area (Å²) in [6.45, 7) is 6.24. The molecule has 1 N–H and O–H groups in total. The first kappa shape index (κ1) is 38.3. The zero-order chi connectivity index (χ0) is 38.2. The van der Waals surface area contributed by atoms with E-state index in [0.717, 1.165) is 73.5 Å². The Labute approximate surface area is 317 Å². The molecule has 3 saturated carbocycles. The van der Waals surface area contributed by atoms with Gasteiger partial charge in [0.2, 0.25) is 27.7 Å². The number of fused-ring (bicyclic) bond motifs is 3. The van der Waals surface area contributed by atoms with E-state index in [1.807, 2.05) is 18.2 Å². The number of nitrogens with zero attached hydrogens (tertiary/aromatic N) is 2. The highest BCUT2D eigenvalue weighted by molar-refractivity contribution is 7.90. The van der Waals surface area contributed by atoms with E-state index in [-0.39, 0.29) is 68.3 Å². The van der Waals surface area contributed by atoms with E-state index in [1.54, 1.807) is 24.3 Å². The SMILES string of the molecule is C=C[C@@H]1C[C@]1(CC(=O)[C@@H]1C[C@@H]2CN1C(=O)[C@H](C1CCCCC1)CC(=O)OCC(C)CCCc1cc3c(nccc3cc1OC)O2)C(=O)NS(=O)(=O)C1CC1. The quantitative estimate of drug-likeness (QED) is 0.257. The third-order valence-electron chi connectivity index (χ3n) is 12.5. The summed E-state index contributed by atoms with van der Waals surface area (Å²) in [6, 6.07) is 4.94. The highest BCUT2D eigenvalue weighted by Gasteiger charge is 2.61. The number of cyclic esters (lactones) is 1. The first-order valence-electron chi connectivity index (χ1n) is 19.7. The van der Waals surface area contributed by atoms with Crippen LogP contribution in [-0.4, -0.2) is 79.5 Å². The average molecular weight is 764 g/mol. The molecule has 292 valence electrons. The van der Waals surface area contributed by atoms with Crippen LogP contribution in [-0.2, 0) is 40.4 Å². The molecule has 3 aliphatic carbocycles. The van der Waals surface area contributed by atoms with Gasteiger partial charge in [-0.1, -0.05) is 32.3 Å². The number of methoxy groups -OCH3 is 1. The zero-order valence-electron chi connectivity index (χ0n) is 31.4. The van der Waals surface area contributed by atoms with Gasteiger partial charge in [-0.15, -0.1) is 6.58 Å². The number of ether oxygens (including phenoxy) is 3. The summed E-state index contributed by atoms with van der Waals surface area (Å²) in [7, 11) is -2.20. The monoisotopic (exact) mass is 763 g/mol. The third kappa shape index (κ3) is 8.02. The number of nitrogens with one attached hydrogen (secondary N) is 1. The summed E-state index contributed by atoms with van der Waals surface area (Å²) < 4.78 is 46.0. The van der Waals surface area contributed by atoms with Gasteiger partial charge in [-0.25, -0.2) is 13.4 Å². The third-order valence-corrected chi connectivity index (χ3v) is 14.3. The molecule has 54 heavy (non-hydrogen) atoms. The van der Waals surface area contributed by atoms with Crippen LogP contribution >= 0.6 is 0 Å². The molecule has 1 aromatic heterocycles. The molecule has 13 heteroatoms. The summed E-state index contributed by atoms with van der Waals surface area (Å²) in [5.74, 6) is -1.60. The van der Waals surface area contributed by atoms with Crippen molar-refractivity contribution in [2.24, 2.45) is 29.1 Å². The van der Waals surface area contributed by atoms with Gasteiger partial charge in [-0.2, -0.15) is 0 Å². The van der Waals surface area contributed by atoms with E-state index >= 15 is 0 Å². The van der Waals surface area contributed by atoms with Gasteiger partial charge < -0.3 is 19.1 Å². The zero-order valence-corrected chi connectivity index (χ0v) is 32.2. The Kier molecular flexibility index (Phi) is 11.1. The van der Waals surface area contributed by atoms with Crippen LogP contribution < -0.4 is 14.2 Å². The summed E-state index contributed by atoms with van der Waals surface area (Å²) >= 11 is 0. The number of carbonyl (C=O) groups excluding carboxylic acids is 4. The largest absolute Gasteiger partial charge is 0.496 e. The van der Waals surface area contributed by atoms with Gasteiger partial charge in [0, 0.05) is 24.4 Å².